The van der Waals surface area contributed by atoms with Gasteiger partial charge >= 0.3 is 5.82 Å². The van der Waals surface area contributed by atoms with Gasteiger partial charge in [0.1, 0.15) is 10.7 Å². The number of pyridine rings is 1. The average Bonchev–Trinajstić information content (AvgIpc) is 2.55. The van der Waals surface area contributed by atoms with Gasteiger partial charge in [-0.05, 0) is 34.2 Å². The van der Waals surface area contributed by atoms with Crippen LogP contribution in [0.5, 0.6) is 5.75 Å². The van der Waals surface area contributed by atoms with E-state index in [2.05, 4.69) is 10.3 Å². The SMILES string of the molecule is Cc1ccc(OCC(=O)Nc2ccc(Cl)c([N+](=O)[O-])c2)c([N+](=O)[O-])n1. The molecule has 130 valence electrons. The van der Waals surface area contributed by atoms with E-state index in [9.17, 15) is 25.0 Å². The Hall–Kier alpha value is -3.27. The molecule has 0 saturated heterocycles. The van der Waals surface area contributed by atoms with Gasteiger partial charge in [-0.2, -0.15) is 0 Å². The number of carbonyl (C=O) groups is 1. The highest BCUT2D eigenvalue weighted by atomic mass is 35.5. The molecular weight excluding hydrogens is 356 g/mol. The van der Waals surface area contributed by atoms with Crippen LogP contribution < -0.4 is 10.1 Å². The van der Waals surface area contributed by atoms with E-state index in [1.54, 1.807) is 6.92 Å². The molecule has 0 aliphatic carbocycles. The molecule has 0 radical (unpaired) electrons. The number of nitrogens with one attached hydrogen (secondary N) is 1. The number of nitro groups is 2. The molecule has 1 aromatic carbocycles. The molecule has 0 unspecified atom stereocenters. The number of nitrogens with zero attached hydrogens (tertiary/aromatic N) is 3. The van der Waals surface area contributed by atoms with Gasteiger partial charge in [-0.15, -0.1) is 0 Å². The molecule has 11 heteroatoms. The van der Waals surface area contributed by atoms with Crippen molar-refractivity contribution in [3.63, 3.8) is 0 Å². The molecule has 1 amide bonds. The third-order valence-corrected chi connectivity index (χ3v) is 3.26. The van der Waals surface area contributed by atoms with Crippen LogP contribution in [-0.4, -0.2) is 27.3 Å². The standard InChI is InChI=1S/C14H11ClN4O6/c1-8-2-5-12(14(16-8)19(23)24)25-7-13(20)17-9-3-4-10(15)11(6-9)18(21)22/h2-6H,7H2,1H3,(H,17,20). The number of hydrogen-bond donors (Lipinski definition) is 1. The van der Waals surface area contributed by atoms with Crippen molar-refractivity contribution in [3.8, 4) is 5.75 Å². The molecule has 1 heterocycles. The molecule has 10 nitrogen and oxygen atoms in total. The van der Waals surface area contributed by atoms with Crippen molar-refractivity contribution in [3.05, 3.63) is 61.3 Å². The van der Waals surface area contributed by atoms with Gasteiger partial charge in [0.15, 0.2) is 6.61 Å². The zero-order valence-corrected chi connectivity index (χ0v) is 13.5. The molecule has 0 spiro atoms. The number of hydrogen-bond acceptors (Lipinski definition) is 7. The number of rotatable bonds is 6. The van der Waals surface area contributed by atoms with Crippen LogP contribution in [0.3, 0.4) is 0 Å². The monoisotopic (exact) mass is 366 g/mol. The van der Waals surface area contributed by atoms with Crippen molar-refractivity contribution in [2.24, 2.45) is 0 Å². The molecule has 0 atom stereocenters. The minimum Gasteiger partial charge on any atom is -0.476 e. The maximum Gasteiger partial charge on any atom is 0.406 e. The first-order valence-corrected chi connectivity index (χ1v) is 7.14. The van der Waals surface area contributed by atoms with Crippen LogP contribution in [0, 0.1) is 27.2 Å². The number of aryl methyl sites for hydroxylation is 1. The van der Waals surface area contributed by atoms with Crippen molar-refractivity contribution in [1.29, 1.82) is 0 Å². The van der Waals surface area contributed by atoms with Gasteiger partial charge in [-0.3, -0.25) is 14.9 Å². The normalized spacial score (nSPS) is 10.2. The third-order valence-electron chi connectivity index (χ3n) is 2.94. The van der Waals surface area contributed by atoms with Gasteiger partial charge in [-0.1, -0.05) is 11.6 Å². The molecule has 0 saturated carbocycles. The van der Waals surface area contributed by atoms with E-state index in [-0.39, 0.29) is 22.1 Å². The summed E-state index contributed by atoms with van der Waals surface area (Å²) in [6, 6.07) is 6.58. The fraction of sp³-hybridized carbons (Fsp3) is 0.143. The van der Waals surface area contributed by atoms with E-state index in [0.717, 1.165) is 6.07 Å². The van der Waals surface area contributed by atoms with E-state index in [4.69, 9.17) is 16.3 Å². The largest absolute Gasteiger partial charge is 0.476 e. The number of carbonyl (C=O) groups excluding carboxylic acids is 1. The summed E-state index contributed by atoms with van der Waals surface area (Å²) < 4.78 is 5.11. The van der Waals surface area contributed by atoms with E-state index < -0.39 is 28.2 Å². The van der Waals surface area contributed by atoms with Crippen LogP contribution in [0.25, 0.3) is 0 Å². The summed E-state index contributed by atoms with van der Waals surface area (Å²) >= 11 is 5.68. The van der Waals surface area contributed by atoms with Crippen LogP contribution >= 0.6 is 11.6 Å². The molecule has 1 aromatic heterocycles. The number of nitro benzene ring substituents is 1. The van der Waals surface area contributed by atoms with Gasteiger partial charge in [0.2, 0.25) is 5.75 Å². The number of halogens is 1. The number of benzene rings is 1. The van der Waals surface area contributed by atoms with Gasteiger partial charge in [-0.25, -0.2) is 0 Å². The Bertz CT molecular complexity index is 857. The third kappa shape index (κ3) is 4.61. The summed E-state index contributed by atoms with van der Waals surface area (Å²) in [7, 11) is 0. The highest BCUT2D eigenvalue weighted by Crippen LogP contribution is 2.27. The first kappa shape index (κ1) is 18.1. The smallest absolute Gasteiger partial charge is 0.406 e. The van der Waals surface area contributed by atoms with Crippen LogP contribution in [0.2, 0.25) is 5.02 Å². The molecule has 0 aliphatic rings. The molecule has 0 fully saturated rings. The topological polar surface area (TPSA) is 138 Å². The van der Waals surface area contributed by atoms with Gasteiger partial charge in [0, 0.05) is 18.7 Å². The van der Waals surface area contributed by atoms with E-state index >= 15 is 0 Å². The van der Waals surface area contributed by atoms with E-state index in [1.807, 2.05) is 0 Å². The Balaban J connectivity index is 2.06. The number of amides is 1. The number of anilines is 1. The first-order valence-electron chi connectivity index (χ1n) is 6.76. The van der Waals surface area contributed by atoms with Crippen LogP contribution in [0.15, 0.2) is 30.3 Å². The molecule has 0 bridgehead atoms. The van der Waals surface area contributed by atoms with Gasteiger partial charge in [0.05, 0.1) is 4.92 Å². The molecule has 1 N–H and O–H groups in total. The molecule has 25 heavy (non-hydrogen) atoms. The second-order valence-electron chi connectivity index (χ2n) is 4.79. The van der Waals surface area contributed by atoms with Crippen molar-refractivity contribution in [1.82, 2.24) is 4.98 Å². The zero-order valence-electron chi connectivity index (χ0n) is 12.8. The van der Waals surface area contributed by atoms with Crippen molar-refractivity contribution in [2.45, 2.75) is 6.92 Å². The zero-order chi connectivity index (χ0) is 18.6. The summed E-state index contributed by atoms with van der Waals surface area (Å²) in [6.07, 6.45) is 0. The Morgan fingerprint density at radius 3 is 2.60 bits per heavy atom. The summed E-state index contributed by atoms with van der Waals surface area (Å²) in [5.41, 5.74) is 0.206. The summed E-state index contributed by atoms with van der Waals surface area (Å²) in [5.74, 6) is -1.32. The predicted molar refractivity (Wildman–Crippen MR) is 87.9 cm³/mol. The average molecular weight is 367 g/mol. The Kier molecular flexibility index (Phi) is 5.45. The molecule has 0 aliphatic heterocycles. The van der Waals surface area contributed by atoms with E-state index in [1.165, 1.54) is 24.3 Å². The summed E-state index contributed by atoms with van der Waals surface area (Å²) in [5, 5.41) is 24.0. The minimum absolute atomic E-state index is 0.0689. The second-order valence-corrected chi connectivity index (χ2v) is 5.20. The summed E-state index contributed by atoms with van der Waals surface area (Å²) in [4.78, 5) is 35.9. The Labute approximate surface area is 145 Å². The predicted octanol–water partition coefficient (Wildman–Crippen LogP) is 2.88. The summed E-state index contributed by atoms with van der Waals surface area (Å²) in [6.45, 7) is 1.04. The maximum atomic E-state index is 11.9. The molecule has 2 rings (SSSR count). The van der Waals surface area contributed by atoms with E-state index in [0.29, 0.717) is 5.69 Å². The quantitative estimate of drug-likeness (QED) is 0.612. The highest BCUT2D eigenvalue weighted by Gasteiger charge is 2.19. The van der Waals surface area contributed by atoms with Crippen LogP contribution in [0.4, 0.5) is 17.2 Å². The number of aromatic nitrogens is 1. The fourth-order valence-electron chi connectivity index (χ4n) is 1.84. The number of ether oxygens (including phenoxy) is 1. The van der Waals surface area contributed by atoms with Crippen LogP contribution in [0.1, 0.15) is 5.69 Å². The van der Waals surface area contributed by atoms with Gasteiger partial charge in [0.25, 0.3) is 11.6 Å². The second kappa shape index (κ2) is 7.53. The Morgan fingerprint density at radius 2 is 1.96 bits per heavy atom. The Morgan fingerprint density at radius 1 is 1.24 bits per heavy atom. The highest BCUT2D eigenvalue weighted by molar-refractivity contribution is 6.32. The fourth-order valence-corrected chi connectivity index (χ4v) is 2.03. The molecule has 2 aromatic rings. The lowest BCUT2D eigenvalue weighted by molar-refractivity contribution is -0.390. The lowest BCUT2D eigenvalue weighted by Crippen LogP contribution is -2.20. The van der Waals surface area contributed by atoms with Crippen molar-refractivity contribution >= 4 is 34.7 Å². The maximum absolute atomic E-state index is 11.9. The van der Waals surface area contributed by atoms with Crippen LogP contribution in [-0.2, 0) is 4.79 Å². The lowest BCUT2D eigenvalue weighted by atomic mass is 10.3. The first-order chi connectivity index (χ1) is 11.8. The van der Waals surface area contributed by atoms with Crippen molar-refractivity contribution in [2.75, 3.05) is 11.9 Å². The van der Waals surface area contributed by atoms with Crippen molar-refractivity contribution < 1.29 is 19.4 Å². The lowest BCUT2D eigenvalue weighted by Gasteiger charge is -2.08. The van der Waals surface area contributed by atoms with Gasteiger partial charge < -0.3 is 20.2 Å². The minimum atomic E-state index is -0.719. The molecular formula is C14H11ClN4O6.